The zero-order chi connectivity index (χ0) is 22.5. The van der Waals surface area contributed by atoms with Gasteiger partial charge in [0.15, 0.2) is 0 Å². The molecule has 0 spiro atoms. The Kier molecular flexibility index (Phi) is 8.10. The molecule has 2 heterocycles. The minimum atomic E-state index is -0.650. The Bertz CT molecular complexity index is 926. The molecular formula is C22H30N4O3S2. The van der Waals surface area contributed by atoms with Crippen molar-refractivity contribution in [3.8, 4) is 5.88 Å². The number of aryl methyl sites for hydroxylation is 1. The van der Waals surface area contributed by atoms with Crippen LogP contribution >= 0.6 is 23.5 Å². The third kappa shape index (κ3) is 5.28. The van der Waals surface area contributed by atoms with E-state index in [9.17, 15) is 9.90 Å². The number of rotatable bonds is 7. The molecule has 9 heteroatoms. The number of piperazine rings is 1. The highest BCUT2D eigenvalue weighted by Crippen LogP contribution is 2.32. The first-order valence-corrected chi connectivity index (χ1v) is 12.6. The van der Waals surface area contributed by atoms with E-state index in [1.807, 2.05) is 36.4 Å². The quantitative estimate of drug-likeness (QED) is 0.600. The van der Waals surface area contributed by atoms with E-state index in [-0.39, 0.29) is 11.2 Å². The zero-order valence-electron chi connectivity index (χ0n) is 18.6. The molecule has 2 aromatic rings. The molecule has 1 aromatic carbocycles. The monoisotopic (exact) mass is 462 g/mol. The van der Waals surface area contributed by atoms with E-state index < -0.39 is 6.10 Å². The zero-order valence-corrected chi connectivity index (χ0v) is 20.2. The lowest BCUT2D eigenvalue weighted by Crippen LogP contribution is -2.58. The largest absolute Gasteiger partial charge is 0.479 e. The average molecular weight is 463 g/mol. The molecule has 2 unspecified atom stereocenters. The number of hydrogen-bond donors (Lipinski definition) is 2. The molecule has 31 heavy (non-hydrogen) atoms. The van der Waals surface area contributed by atoms with Crippen molar-refractivity contribution in [2.75, 3.05) is 49.6 Å². The lowest BCUT2D eigenvalue weighted by atomic mass is 10.1. The van der Waals surface area contributed by atoms with Crippen molar-refractivity contribution in [3.05, 3.63) is 41.6 Å². The summed E-state index contributed by atoms with van der Waals surface area (Å²) >= 11 is 2.94. The molecule has 1 fully saturated rings. The molecule has 3 rings (SSSR count). The predicted molar refractivity (Wildman–Crippen MR) is 129 cm³/mol. The smallest absolute Gasteiger partial charge is 0.238 e. The van der Waals surface area contributed by atoms with E-state index in [2.05, 4.69) is 33.7 Å². The fourth-order valence-electron chi connectivity index (χ4n) is 3.78. The number of ether oxygens (including phenoxy) is 1. The van der Waals surface area contributed by atoms with E-state index in [0.29, 0.717) is 30.4 Å². The van der Waals surface area contributed by atoms with Gasteiger partial charge in [0.1, 0.15) is 11.7 Å². The van der Waals surface area contributed by atoms with Crippen molar-refractivity contribution in [2.45, 2.75) is 30.9 Å². The van der Waals surface area contributed by atoms with Gasteiger partial charge in [-0.15, -0.1) is 11.8 Å². The van der Waals surface area contributed by atoms with Crippen LogP contribution in [0.2, 0.25) is 0 Å². The molecule has 0 bridgehead atoms. The average Bonchev–Trinajstić information content (AvgIpc) is 2.79. The molecule has 1 aliphatic heterocycles. The Morgan fingerprint density at radius 1 is 1.32 bits per heavy atom. The van der Waals surface area contributed by atoms with Crippen LogP contribution < -0.4 is 15.1 Å². The second-order valence-electron chi connectivity index (χ2n) is 7.36. The van der Waals surface area contributed by atoms with Gasteiger partial charge in [0, 0.05) is 35.8 Å². The highest BCUT2D eigenvalue weighted by molar-refractivity contribution is 8.13. The van der Waals surface area contributed by atoms with Gasteiger partial charge in [-0.2, -0.15) is 0 Å². The van der Waals surface area contributed by atoms with Crippen molar-refractivity contribution < 1.29 is 14.6 Å². The summed E-state index contributed by atoms with van der Waals surface area (Å²) in [5, 5.41) is 12.1. The van der Waals surface area contributed by atoms with Crippen LogP contribution in [0.25, 0.3) is 0 Å². The number of aromatic nitrogens is 1. The highest BCUT2D eigenvalue weighted by Gasteiger charge is 2.33. The molecule has 7 nitrogen and oxygen atoms in total. The van der Waals surface area contributed by atoms with Crippen LogP contribution in [0, 0.1) is 6.92 Å². The Hall–Kier alpha value is -1.94. The first-order valence-electron chi connectivity index (χ1n) is 10.1. The molecule has 0 amide bonds. The summed E-state index contributed by atoms with van der Waals surface area (Å²) in [4.78, 5) is 20.8. The number of aliphatic hydroxyl groups is 1. The van der Waals surface area contributed by atoms with Gasteiger partial charge in [-0.3, -0.25) is 4.79 Å². The first-order chi connectivity index (χ1) is 14.9. The minimum Gasteiger partial charge on any atom is -0.479 e. The van der Waals surface area contributed by atoms with Gasteiger partial charge in [0.25, 0.3) is 0 Å². The van der Waals surface area contributed by atoms with Crippen LogP contribution in [0.1, 0.15) is 24.3 Å². The number of carbonyl (C=O) groups excluding carboxylic acids is 1. The van der Waals surface area contributed by atoms with Crippen LogP contribution in [0.4, 0.5) is 11.4 Å². The van der Waals surface area contributed by atoms with Gasteiger partial charge < -0.3 is 20.2 Å². The van der Waals surface area contributed by atoms with Crippen LogP contribution in [0.5, 0.6) is 5.88 Å². The van der Waals surface area contributed by atoms with Crippen LogP contribution in [0.15, 0.2) is 35.2 Å². The van der Waals surface area contributed by atoms with Crippen molar-refractivity contribution in [2.24, 2.45) is 0 Å². The van der Waals surface area contributed by atoms with Crippen LogP contribution in [-0.2, 0) is 4.79 Å². The molecular weight excluding hydrogens is 432 g/mol. The number of nitrogens with zero attached hydrogens (tertiary/aromatic N) is 3. The number of hydrazine groups is 1. The molecule has 0 radical (unpaired) electrons. The van der Waals surface area contributed by atoms with E-state index in [0.717, 1.165) is 17.8 Å². The number of nitrogens with one attached hydrogen (secondary N) is 1. The number of hydrogen-bond acceptors (Lipinski definition) is 9. The van der Waals surface area contributed by atoms with Crippen LogP contribution in [0.3, 0.4) is 0 Å². The van der Waals surface area contributed by atoms with Gasteiger partial charge in [-0.05, 0) is 44.6 Å². The molecule has 1 aromatic heterocycles. The van der Waals surface area contributed by atoms with E-state index >= 15 is 0 Å². The van der Waals surface area contributed by atoms with Gasteiger partial charge >= 0.3 is 0 Å². The number of carbonyl (C=O) groups is 1. The van der Waals surface area contributed by atoms with E-state index in [4.69, 9.17) is 4.74 Å². The number of benzene rings is 1. The molecule has 0 saturated carbocycles. The topological polar surface area (TPSA) is 77.9 Å². The third-order valence-corrected chi connectivity index (χ3v) is 6.86. The van der Waals surface area contributed by atoms with E-state index in [1.54, 1.807) is 25.8 Å². The fourth-order valence-corrected chi connectivity index (χ4v) is 4.87. The maximum Gasteiger partial charge on any atom is 0.238 e. The summed E-state index contributed by atoms with van der Waals surface area (Å²) in [6.07, 6.45) is 3.23. The normalized spacial score (nSPS) is 18.0. The number of thioether (sulfide) groups is 2. The SMILES string of the molecule is COc1nc(C)c(C(C)O)cc1NN1CCN(c2ccccc2SC)CC1C(=O)SC. The number of methoxy groups -OCH3 is 1. The maximum atomic E-state index is 12.8. The Morgan fingerprint density at radius 3 is 2.71 bits per heavy atom. The van der Waals surface area contributed by atoms with Crippen molar-refractivity contribution in [3.63, 3.8) is 0 Å². The standard InChI is InChI=1S/C22H30N4O3S2/c1-14-16(15(2)27)12-17(21(23-14)29-3)24-26-11-10-25(13-19(26)22(28)31-5)18-8-6-7-9-20(18)30-4/h6-9,12,15,19,24,27H,10-11,13H2,1-5H3. The van der Waals surface area contributed by atoms with Gasteiger partial charge in [-0.1, -0.05) is 23.9 Å². The summed E-state index contributed by atoms with van der Waals surface area (Å²) in [5.74, 6) is 0.437. The highest BCUT2D eigenvalue weighted by atomic mass is 32.2. The van der Waals surface area contributed by atoms with Crippen molar-refractivity contribution >= 4 is 40.0 Å². The van der Waals surface area contributed by atoms with Crippen molar-refractivity contribution in [1.82, 2.24) is 9.99 Å². The Balaban J connectivity index is 1.88. The minimum absolute atomic E-state index is 0.0913. The second-order valence-corrected chi connectivity index (χ2v) is 9.02. The van der Waals surface area contributed by atoms with Crippen molar-refractivity contribution in [1.29, 1.82) is 0 Å². The van der Waals surface area contributed by atoms with E-state index in [1.165, 1.54) is 16.7 Å². The van der Waals surface area contributed by atoms with Gasteiger partial charge in [-0.25, -0.2) is 9.99 Å². The number of aliphatic hydroxyl groups excluding tert-OH is 1. The molecule has 2 N–H and O–H groups in total. The summed E-state index contributed by atoms with van der Waals surface area (Å²) in [6, 6.07) is 9.79. The fraction of sp³-hybridized carbons (Fsp3) is 0.455. The Labute approximate surface area is 192 Å². The summed E-state index contributed by atoms with van der Waals surface area (Å²) in [6.45, 7) is 5.54. The summed E-state index contributed by atoms with van der Waals surface area (Å²) < 4.78 is 5.46. The maximum absolute atomic E-state index is 12.8. The molecule has 168 valence electrons. The van der Waals surface area contributed by atoms with Gasteiger partial charge in [0.05, 0.1) is 18.9 Å². The molecule has 0 aliphatic carbocycles. The molecule has 1 saturated heterocycles. The molecule has 1 aliphatic rings. The lowest BCUT2D eigenvalue weighted by Gasteiger charge is -2.42. The third-order valence-electron chi connectivity index (χ3n) is 5.40. The number of anilines is 2. The number of pyridine rings is 1. The van der Waals surface area contributed by atoms with Gasteiger partial charge in [0.2, 0.25) is 11.0 Å². The Morgan fingerprint density at radius 2 is 2.06 bits per heavy atom. The van der Waals surface area contributed by atoms with Crippen LogP contribution in [-0.4, -0.2) is 65.5 Å². The summed E-state index contributed by atoms with van der Waals surface area (Å²) in [7, 11) is 1.57. The number of para-hydroxylation sites is 1. The predicted octanol–water partition coefficient (Wildman–Crippen LogP) is 3.58. The second kappa shape index (κ2) is 10.6. The lowest BCUT2D eigenvalue weighted by molar-refractivity contribution is -0.115. The molecule has 2 atom stereocenters. The first kappa shape index (κ1) is 23.7. The summed E-state index contributed by atoms with van der Waals surface area (Å²) in [5.41, 5.74) is 6.59.